The van der Waals surface area contributed by atoms with Crippen LogP contribution < -0.4 is 0 Å². The fourth-order valence-electron chi connectivity index (χ4n) is 0.862. The summed E-state index contributed by atoms with van der Waals surface area (Å²) in [6.07, 6.45) is -2.48. The molecule has 0 N–H and O–H groups in total. The lowest BCUT2D eigenvalue weighted by Crippen LogP contribution is -2.16. The largest absolute Gasteiger partial charge is 0.434 e. The lowest BCUT2D eigenvalue weighted by atomic mass is 9.93. The molecule has 0 unspecified atom stereocenters. The Morgan fingerprint density at radius 2 is 1.36 bits per heavy atom. The van der Waals surface area contributed by atoms with Crippen LogP contribution in [0.3, 0.4) is 0 Å². The maximum absolute atomic E-state index is 12.1. The van der Waals surface area contributed by atoms with Crippen molar-refractivity contribution in [1.82, 2.24) is 9.97 Å². The predicted octanol–water partition coefficient (Wildman–Crippen LogP) is 2.79. The fourth-order valence-corrected chi connectivity index (χ4v) is 0.862. The van der Waals surface area contributed by atoms with Gasteiger partial charge in [0, 0.05) is 11.6 Å². The van der Waals surface area contributed by atoms with Crippen molar-refractivity contribution in [2.24, 2.45) is 0 Å². The topological polar surface area (TPSA) is 25.8 Å². The van der Waals surface area contributed by atoms with Crippen LogP contribution in [0.5, 0.6) is 0 Å². The van der Waals surface area contributed by atoms with Gasteiger partial charge in [-0.15, -0.1) is 0 Å². The molecule has 1 aromatic heterocycles. The minimum atomic E-state index is -4.41. The molecular weight excluding hydrogens is 193 g/mol. The molecule has 14 heavy (non-hydrogen) atoms. The number of alkyl halides is 3. The lowest BCUT2D eigenvalue weighted by molar-refractivity contribution is -0.141. The molecule has 0 spiro atoms. The SMILES string of the molecule is CC(C)(C)c1cnc(C(F)(F)F)cn1. The maximum Gasteiger partial charge on any atom is 0.434 e. The number of hydrogen-bond donors (Lipinski definition) is 0. The summed E-state index contributed by atoms with van der Waals surface area (Å²) in [4.78, 5) is 7.06. The van der Waals surface area contributed by atoms with E-state index >= 15 is 0 Å². The molecule has 1 aromatic rings. The normalized spacial score (nSPS) is 13.0. The third-order valence-corrected chi connectivity index (χ3v) is 1.71. The third kappa shape index (κ3) is 2.43. The Kier molecular flexibility index (Phi) is 2.52. The lowest BCUT2D eigenvalue weighted by Gasteiger charge is -2.17. The van der Waals surface area contributed by atoms with E-state index in [1.807, 2.05) is 20.8 Å². The molecule has 0 bridgehead atoms. The molecule has 1 heterocycles. The van der Waals surface area contributed by atoms with Crippen LogP contribution in [0.25, 0.3) is 0 Å². The highest BCUT2D eigenvalue weighted by Crippen LogP contribution is 2.27. The Balaban J connectivity index is 3.02. The van der Waals surface area contributed by atoms with Gasteiger partial charge in [0.25, 0.3) is 0 Å². The zero-order valence-electron chi connectivity index (χ0n) is 8.18. The van der Waals surface area contributed by atoms with Crippen LogP contribution in [0.1, 0.15) is 32.2 Å². The molecule has 0 aromatic carbocycles. The van der Waals surface area contributed by atoms with Gasteiger partial charge in [0.05, 0.1) is 11.9 Å². The monoisotopic (exact) mass is 204 g/mol. The van der Waals surface area contributed by atoms with Gasteiger partial charge in [0.15, 0.2) is 5.69 Å². The van der Waals surface area contributed by atoms with Crippen LogP contribution in [0.4, 0.5) is 13.2 Å². The van der Waals surface area contributed by atoms with E-state index in [1.165, 1.54) is 6.20 Å². The van der Waals surface area contributed by atoms with Crippen LogP contribution >= 0.6 is 0 Å². The second kappa shape index (κ2) is 3.22. The summed E-state index contributed by atoms with van der Waals surface area (Å²) in [5.74, 6) is 0. The Morgan fingerprint density at radius 1 is 0.929 bits per heavy atom. The molecule has 5 heteroatoms. The molecule has 0 atom stereocenters. The summed E-state index contributed by atoms with van der Waals surface area (Å²) in [6.45, 7) is 5.60. The van der Waals surface area contributed by atoms with Crippen LogP contribution in [0.15, 0.2) is 12.4 Å². The van der Waals surface area contributed by atoms with Crippen LogP contribution in [0.2, 0.25) is 0 Å². The van der Waals surface area contributed by atoms with E-state index in [0.29, 0.717) is 5.69 Å². The van der Waals surface area contributed by atoms with E-state index in [4.69, 9.17) is 0 Å². The molecule has 0 radical (unpaired) electrons. The van der Waals surface area contributed by atoms with Gasteiger partial charge in [0.2, 0.25) is 0 Å². The molecule has 2 nitrogen and oxygen atoms in total. The number of aromatic nitrogens is 2. The van der Waals surface area contributed by atoms with Crippen LogP contribution in [0, 0.1) is 0 Å². The van der Waals surface area contributed by atoms with Crippen molar-refractivity contribution in [3.8, 4) is 0 Å². The van der Waals surface area contributed by atoms with Gasteiger partial charge in [-0.25, -0.2) is 4.98 Å². The smallest absolute Gasteiger partial charge is 0.257 e. The summed E-state index contributed by atoms with van der Waals surface area (Å²) in [5.41, 5.74) is -0.687. The molecule has 0 aliphatic rings. The minimum absolute atomic E-state index is 0.281. The van der Waals surface area contributed by atoms with Gasteiger partial charge < -0.3 is 0 Å². The predicted molar refractivity (Wildman–Crippen MR) is 45.7 cm³/mol. The van der Waals surface area contributed by atoms with Crippen molar-refractivity contribution in [3.05, 3.63) is 23.8 Å². The van der Waals surface area contributed by atoms with E-state index < -0.39 is 11.9 Å². The summed E-state index contributed by atoms with van der Waals surface area (Å²) < 4.78 is 36.3. The molecule has 1 rings (SSSR count). The van der Waals surface area contributed by atoms with Crippen LogP contribution in [-0.4, -0.2) is 9.97 Å². The number of nitrogens with zero attached hydrogens (tertiary/aromatic N) is 2. The zero-order chi connectivity index (χ0) is 11.0. The molecule has 0 saturated heterocycles. The van der Waals surface area contributed by atoms with Crippen molar-refractivity contribution < 1.29 is 13.2 Å². The summed E-state index contributed by atoms with van der Waals surface area (Å²) in [7, 11) is 0. The Bertz CT molecular complexity index is 275. The molecule has 0 aliphatic heterocycles. The van der Waals surface area contributed by atoms with Gasteiger partial charge in [-0.1, -0.05) is 20.8 Å². The van der Waals surface area contributed by atoms with Gasteiger partial charge in [-0.3, -0.25) is 4.98 Å². The van der Waals surface area contributed by atoms with E-state index in [9.17, 15) is 13.2 Å². The number of halogens is 3. The van der Waals surface area contributed by atoms with E-state index in [1.54, 1.807) is 0 Å². The van der Waals surface area contributed by atoms with Crippen molar-refractivity contribution in [1.29, 1.82) is 0 Å². The van der Waals surface area contributed by atoms with Crippen molar-refractivity contribution in [3.63, 3.8) is 0 Å². The molecule has 0 amide bonds. The quantitative estimate of drug-likeness (QED) is 0.649. The molecular formula is C9H11F3N2. The Morgan fingerprint density at radius 3 is 1.64 bits per heavy atom. The van der Waals surface area contributed by atoms with E-state index in [-0.39, 0.29) is 5.41 Å². The number of hydrogen-bond acceptors (Lipinski definition) is 2. The first-order chi connectivity index (χ1) is 6.21. The van der Waals surface area contributed by atoms with E-state index in [0.717, 1.165) is 6.20 Å². The van der Waals surface area contributed by atoms with Gasteiger partial charge in [-0.2, -0.15) is 13.2 Å². The van der Waals surface area contributed by atoms with Crippen LogP contribution in [-0.2, 0) is 11.6 Å². The Labute approximate surface area is 80.2 Å². The summed E-state index contributed by atoms with van der Waals surface area (Å²) in [5, 5.41) is 0. The van der Waals surface area contributed by atoms with Crippen molar-refractivity contribution >= 4 is 0 Å². The first-order valence-corrected chi connectivity index (χ1v) is 4.11. The third-order valence-electron chi connectivity index (χ3n) is 1.71. The second-order valence-electron chi connectivity index (χ2n) is 4.03. The summed E-state index contributed by atoms with van der Waals surface area (Å²) >= 11 is 0. The molecule has 78 valence electrons. The fraction of sp³-hybridized carbons (Fsp3) is 0.556. The van der Waals surface area contributed by atoms with Crippen molar-refractivity contribution in [2.45, 2.75) is 32.4 Å². The van der Waals surface area contributed by atoms with Gasteiger partial charge in [-0.05, 0) is 0 Å². The highest BCUT2D eigenvalue weighted by molar-refractivity contribution is 5.12. The summed E-state index contributed by atoms with van der Waals surface area (Å²) in [6, 6.07) is 0. The average molecular weight is 204 g/mol. The first-order valence-electron chi connectivity index (χ1n) is 4.11. The molecule has 0 aliphatic carbocycles. The highest BCUT2D eigenvalue weighted by atomic mass is 19.4. The standard InChI is InChI=1S/C9H11F3N2/c1-8(2,3)6-4-14-7(5-13-6)9(10,11)12/h4-5H,1-3H3. The van der Waals surface area contributed by atoms with E-state index in [2.05, 4.69) is 9.97 Å². The second-order valence-corrected chi connectivity index (χ2v) is 4.03. The van der Waals surface area contributed by atoms with Crippen molar-refractivity contribution in [2.75, 3.05) is 0 Å². The zero-order valence-corrected chi connectivity index (χ0v) is 8.18. The average Bonchev–Trinajstić information content (AvgIpc) is 2.01. The number of rotatable bonds is 0. The minimum Gasteiger partial charge on any atom is -0.257 e. The van der Waals surface area contributed by atoms with Gasteiger partial charge in [0.1, 0.15) is 0 Å². The first kappa shape index (κ1) is 10.9. The van der Waals surface area contributed by atoms with Gasteiger partial charge >= 0.3 is 6.18 Å². The highest BCUT2D eigenvalue weighted by Gasteiger charge is 2.33. The Hall–Kier alpha value is -1.13. The molecule has 0 fully saturated rings. The molecule has 0 saturated carbocycles. The maximum atomic E-state index is 12.1.